The molecule has 0 radical (unpaired) electrons. The Bertz CT molecular complexity index is 880. The number of hydrogen-bond donors (Lipinski definition) is 1. The van der Waals surface area contributed by atoms with Gasteiger partial charge in [0.15, 0.2) is 0 Å². The van der Waals surface area contributed by atoms with Crippen molar-refractivity contribution < 1.29 is 17.7 Å². The Morgan fingerprint density at radius 3 is 2.76 bits per heavy atom. The van der Waals surface area contributed by atoms with Crippen LogP contribution in [-0.2, 0) is 6.18 Å². The smallest absolute Gasteiger partial charge is 0.335 e. The molecule has 0 aliphatic heterocycles. The number of nitrogens with one attached hydrogen (secondary N) is 1. The molecule has 108 valence electrons. The summed E-state index contributed by atoms with van der Waals surface area (Å²) in [6, 6.07) is 4.52. The van der Waals surface area contributed by atoms with E-state index in [1.165, 1.54) is 12.1 Å². The molecule has 0 saturated heterocycles. The van der Waals surface area contributed by atoms with Crippen LogP contribution in [0.1, 0.15) is 11.3 Å². The fourth-order valence-corrected chi connectivity index (χ4v) is 1.97. The third-order valence-corrected chi connectivity index (χ3v) is 2.98. The van der Waals surface area contributed by atoms with Gasteiger partial charge < -0.3 is 9.51 Å². The molecule has 5 nitrogen and oxygen atoms in total. The van der Waals surface area contributed by atoms with E-state index in [1.807, 2.05) is 0 Å². The number of rotatable bonds is 1. The first-order valence-corrected chi connectivity index (χ1v) is 5.90. The van der Waals surface area contributed by atoms with Crippen molar-refractivity contribution in [3.05, 3.63) is 45.9 Å². The Balaban J connectivity index is 2.19. The molecule has 0 atom stereocenters. The van der Waals surface area contributed by atoms with Gasteiger partial charge in [-0.15, -0.1) is 0 Å². The monoisotopic (exact) mass is 295 g/mol. The molecule has 0 spiro atoms. The maximum atomic E-state index is 12.7. The molecular weight excluding hydrogens is 287 g/mol. The van der Waals surface area contributed by atoms with Gasteiger partial charge in [-0.05, 0) is 19.1 Å². The number of alkyl halides is 3. The van der Waals surface area contributed by atoms with E-state index in [2.05, 4.69) is 15.1 Å². The molecule has 2 aromatic heterocycles. The summed E-state index contributed by atoms with van der Waals surface area (Å²) < 4.78 is 43.0. The zero-order valence-electron chi connectivity index (χ0n) is 10.7. The Hall–Kier alpha value is -2.64. The molecule has 0 amide bonds. The van der Waals surface area contributed by atoms with Crippen molar-refractivity contribution in [1.82, 2.24) is 15.1 Å². The first-order valence-electron chi connectivity index (χ1n) is 5.90. The van der Waals surface area contributed by atoms with Crippen molar-refractivity contribution in [2.24, 2.45) is 0 Å². The van der Waals surface area contributed by atoms with E-state index in [0.717, 1.165) is 12.1 Å². The topological polar surface area (TPSA) is 71.8 Å². The van der Waals surface area contributed by atoms with E-state index in [0.29, 0.717) is 5.69 Å². The van der Waals surface area contributed by atoms with Crippen LogP contribution in [0.25, 0.3) is 22.5 Å². The van der Waals surface area contributed by atoms with Gasteiger partial charge in [0.2, 0.25) is 0 Å². The summed E-state index contributed by atoms with van der Waals surface area (Å²) >= 11 is 0. The Kier molecular flexibility index (Phi) is 2.82. The molecule has 3 aromatic rings. The number of aryl methyl sites for hydroxylation is 1. The lowest BCUT2D eigenvalue weighted by atomic mass is 10.1. The van der Waals surface area contributed by atoms with Crippen molar-refractivity contribution in [3.8, 4) is 11.4 Å². The van der Waals surface area contributed by atoms with Crippen LogP contribution < -0.4 is 5.56 Å². The second-order valence-corrected chi connectivity index (χ2v) is 4.44. The second kappa shape index (κ2) is 4.44. The van der Waals surface area contributed by atoms with Gasteiger partial charge in [-0.1, -0.05) is 17.3 Å². The Morgan fingerprint density at radius 2 is 2.05 bits per heavy atom. The van der Waals surface area contributed by atoms with E-state index in [9.17, 15) is 18.0 Å². The fraction of sp³-hybridized carbons (Fsp3) is 0.154. The fourth-order valence-electron chi connectivity index (χ4n) is 1.97. The molecule has 21 heavy (non-hydrogen) atoms. The van der Waals surface area contributed by atoms with E-state index >= 15 is 0 Å². The van der Waals surface area contributed by atoms with Crippen molar-refractivity contribution in [3.63, 3.8) is 0 Å². The summed E-state index contributed by atoms with van der Waals surface area (Å²) in [6.45, 7) is 1.58. The van der Waals surface area contributed by atoms with Crippen LogP contribution in [0.5, 0.6) is 0 Å². The number of H-pyrrole nitrogens is 1. The SMILES string of the molecule is Cc1noc2nc(-c3cccc(C(F)(F)F)c3)[nH]c(=O)c12. The van der Waals surface area contributed by atoms with Crippen molar-refractivity contribution >= 4 is 11.1 Å². The summed E-state index contributed by atoms with van der Waals surface area (Å²) in [5.74, 6) is -0.00486. The summed E-state index contributed by atoms with van der Waals surface area (Å²) in [5, 5.41) is 3.80. The summed E-state index contributed by atoms with van der Waals surface area (Å²) in [6.07, 6.45) is -4.47. The summed E-state index contributed by atoms with van der Waals surface area (Å²) in [5.41, 5.74) is -0.835. The van der Waals surface area contributed by atoms with Crippen LogP contribution in [0.2, 0.25) is 0 Å². The third-order valence-electron chi connectivity index (χ3n) is 2.98. The van der Waals surface area contributed by atoms with E-state index < -0.39 is 17.3 Å². The number of benzene rings is 1. The minimum atomic E-state index is -4.47. The minimum absolute atomic E-state index is 0.00486. The summed E-state index contributed by atoms with van der Waals surface area (Å²) in [7, 11) is 0. The van der Waals surface area contributed by atoms with Crippen LogP contribution in [0.4, 0.5) is 13.2 Å². The van der Waals surface area contributed by atoms with Crippen molar-refractivity contribution in [1.29, 1.82) is 0 Å². The largest absolute Gasteiger partial charge is 0.416 e. The van der Waals surface area contributed by atoms with Crippen LogP contribution in [-0.4, -0.2) is 15.1 Å². The summed E-state index contributed by atoms with van der Waals surface area (Å²) in [4.78, 5) is 18.4. The molecule has 1 aromatic carbocycles. The Labute approximate surface area is 115 Å². The normalized spacial score (nSPS) is 12.0. The number of aromatic nitrogens is 3. The van der Waals surface area contributed by atoms with Crippen LogP contribution in [0, 0.1) is 6.92 Å². The van der Waals surface area contributed by atoms with Crippen molar-refractivity contribution in [2.45, 2.75) is 13.1 Å². The standard InChI is InChI=1S/C13H8F3N3O2/c1-6-9-11(20)17-10(18-12(9)21-19-6)7-3-2-4-8(5-7)13(14,15)16/h2-5H,1H3,(H,17,18,20). The molecule has 0 fully saturated rings. The highest BCUT2D eigenvalue weighted by Crippen LogP contribution is 2.31. The van der Waals surface area contributed by atoms with Crippen LogP contribution in [0.15, 0.2) is 33.6 Å². The zero-order valence-corrected chi connectivity index (χ0v) is 10.7. The first kappa shape index (κ1) is 13.3. The van der Waals surface area contributed by atoms with E-state index in [4.69, 9.17) is 4.52 Å². The molecule has 2 heterocycles. The highest BCUT2D eigenvalue weighted by molar-refractivity contribution is 5.76. The number of aromatic amines is 1. The molecular formula is C13H8F3N3O2. The third kappa shape index (κ3) is 2.28. The Morgan fingerprint density at radius 1 is 1.29 bits per heavy atom. The van der Waals surface area contributed by atoms with Gasteiger partial charge >= 0.3 is 6.18 Å². The molecule has 3 rings (SSSR count). The van der Waals surface area contributed by atoms with E-state index in [1.54, 1.807) is 6.92 Å². The maximum Gasteiger partial charge on any atom is 0.416 e. The minimum Gasteiger partial charge on any atom is -0.335 e. The quantitative estimate of drug-likeness (QED) is 0.749. The average molecular weight is 295 g/mol. The number of halogens is 3. The van der Waals surface area contributed by atoms with Crippen LogP contribution >= 0.6 is 0 Å². The molecule has 0 unspecified atom stereocenters. The lowest BCUT2D eigenvalue weighted by Crippen LogP contribution is -2.10. The lowest BCUT2D eigenvalue weighted by Gasteiger charge is -2.08. The second-order valence-electron chi connectivity index (χ2n) is 4.44. The number of hydrogen-bond acceptors (Lipinski definition) is 4. The lowest BCUT2D eigenvalue weighted by molar-refractivity contribution is -0.137. The van der Waals surface area contributed by atoms with Gasteiger partial charge in [-0.25, -0.2) is 0 Å². The van der Waals surface area contributed by atoms with Crippen molar-refractivity contribution in [2.75, 3.05) is 0 Å². The van der Waals surface area contributed by atoms with Crippen LogP contribution in [0.3, 0.4) is 0 Å². The van der Waals surface area contributed by atoms with Gasteiger partial charge in [-0.3, -0.25) is 4.79 Å². The average Bonchev–Trinajstić information content (AvgIpc) is 2.80. The van der Waals surface area contributed by atoms with Gasteiger partial charge in [0, 0.05) is 5.56 Å². The van der Waals surface area contributed by atoms with Gasteiger partial charge in [0.25, 0.3) is 11.3 Å². The molecule has 0 aliphatic rings. The van der Waals surface area contributed by atoms with Gasteiger partial charge in [0.1, 0.15) is 11.2 Å². The zero-order chi connectivity index (χ0) is 15.2. The molecule has 0 saturated carbocycles. The van der Waals surface area contributed by atoms with Gasteiger partial charge in [-0.2, -0.15) is 18.2 Å². The maximum absolute atomic E-state index is 12.7. The predicted molar refractivity (Wildman–Crippen MR) is 67.6 cm³/mol. The predicted octanol–water partition coefficient (Wildman–Crippen LogP) is 2.91. The highest BCUT2D eigenvalue weighted by atomic mass is 19.4. The number of nitrogens with zero attached hydrogens (tertiary/aromatic N) is 2. The molecule has 0 bridgehead atoms. The molecule has 0 aliphatic carbocycles. The van der Waals surface area contributed by atoms with Gasteiger partial charge in [0.05, 0.1) is 11.3 Å². The number of fused-ring (bicyclic) bond motifs is 1. The van der Waals surface area contributed by atoms with E-state index in [-0.39, 0.29) is 22.5 Å². The molecule has 1 N–H and O–H groups in total. The first-order chi connectivity index (χ1) is 9.86. The molecule has 8 heteroatoms. The highest BCUT2D eigenvalue weighted by Gasteiger charge is 2.30.